The van der Waals surface area contributed by atoms with E-state index in [1.165, 1.54) is 24.8 Å². The number of aryl methyl sites for hydroxylation is 1. The minimum atomic E-state index is 0.332. The van der Waals surface area contributed by atoms with Gasteiger partial charge in [0.25, 0.3) is 0 Å². The molecule has 1 unspecified atom stereocenters. The first-order valence-corrected chi connectivity index (χ1v) is 7.60. The Morgan fingerprint density at radius 3 is 2.68 bits per heavy atom. The van der Waals surface area contributed by atoms with Gasteiger partial charge in [-0.05, 0) is 54.6 Å². The van der Waals surface area contributed by atoms with Crippen molar-refractivity contribution in [2.45, 2.75) is 53.0 Å². The van der Waals surface area contributed by atoms with Crippen LogP contribution in [-0.2, 0) is 0 Å². The summed E-state index contributed by atoms with van der Waals surface area (Å²) in [7, 11) is 0. The first kappa shape index (κ1) is 13.2. The Labute approximate surface area is 121 Å². The molecule has 104 valence electrons. The minimum absolute atomic E-state index is 0.332. The second kappa shape index (κ2) is 4.12. The quantitative estimate of drug-likeness (QED) is 0.795. The first-order valence-electron chi connectivity index (χ1n) is 7.22. The highest BCUT2D eigenvalue weighted by atomic mass is 35.5. The summed E-state index contributed by atoms with van der Waals surface area (Å²) in [4.78, 5) is 4.22. The van der Waals surface area contributed by atoms with Gasteiger partial charge in [-0.25, -0.2) is 4.98 Å². The Kier molecular flexibility index (Phi) is 2.87. The normalized spacial score (nSPS) is 35.6. The molecule has 3 rings (SSSR count). The number of fused-ring (bicyclic) bond motifs is 2. The van der Waals surface area contributed by atoms with Gasteiger partial charge in [-0.3, -0.25) is 0 Å². The van der Waals surface area contributed by atoms with E-state index in [4.69, 9.17) is 11.6 Å². The number of hydrogen-bond donors (Lipinski definition) is 1. The third kappa shape index (κ3) is 1.87. The average molecular weight is 279 g/mol. The molecule has 1 heterocycles. The van der Waals surface area contributed by atoms with E-state index in [0.29, 0.717) is 22.0 Å². The second-order valence-electron chi connectivity index (χ2n) is 7.29. The van der Waals surface area contributed by atoms with E-state index in [1.807, 2.05) is 6.07 Å². The molecule has 0 saturated heterocycles. The Bertz CT molecular complexity index is 486. The van der Waals surface area contributed by atoms with Crippen LogP contribution in [0.4, 0.5) is 5.69 Å². The molecule has 0 aliphatic heterocycles. The van der Waals surface area contributed by atoms with Gasteiger partial charge < -0.3 is 5.32 Å². The highest BCUT2D eigenvalue weighted by Gasteiger charge is 2.59. The molecule has 1 aromatic rings. The van der Waals surface area contributed by atoms with Gasteiger partial charge >= 0.3 is 0 Å². The summed E-state index contributed by atoms with van der Waals surface area (Å²) in [5.41, 5.74) is 2.94. The van der Waals surface area contributed by atoms with E-state index >= 15 is 0 Å². The van der Waals surface area contributed by atoms with Crippen LogP contribution in [0.1, 0.15) is 45.6 Å². The molecule has 2 aliphatic rings. The van der Waals surface area contributed by atoms with Crippen LogP contribution in [0.2, 0.25) is 5.15 Å². The van der Waals surface area contributed by atoms with Crippen molar-refractivity contribution in [1.29, 1.82) is 0 Å². The lowest BCUT2D eigenvalue weighted by Crippen LogP contribution is -2.46. The molecule has 0 aromatic carbocycles. The molecule has 0 spiro atoms. The Morgan fingerprint density at radius 2 is 2.11 bits per heavy atom. The number of rotatable bonds is 2. The van der Waals surface area contributed by atoms with Crippen LogP contribution in [0.5, 0.6) is 0 Å². The smallest absolute Gasteiger partial charge is 0.152 e. The largest absolute Gasteiger partial charge is 0.379 e. The molecule has 1 aromatic heterocycles. The van der Waals surface area contributed by atoms with Crippen LogP contribution in [0.15, 0.2) is 12.3 Å². The Morgan fingerprint density at radius 1 is 1.37 bits per heavy atom. The van der Waals surface area contributed by atoms with Crippen molar-refractivity contribution in [2.24, 2.45) is 16.7 Å². The Balaban J connectivity index is 1.95. The number of anilines is 1. The maximum atomic E-state index is 6.27. The van der Waals surface area contributed by atoms with Crippen molar-refractivity contribution in [1.82, 2.24) is 4.98 Å². The van der Waals surface area contributed by atoms with Gasteiger partial charge in [0.1, 0.15) is 0 Å². The standard InChI is InChI=1S/C16H23ClN2/c1-10-6-8-18-13(17)12(10)19-14-15(2,3)11-5-7-16(14,4)9-11/h6,8,11,14,19H,5,7,9H2,1-4H3/t11-,14?,16+/m0/s1. The third-order valence-electron chi connectivity index (χ3n) is 5.67. The fraction of sp³-hybridized carbons (Fsp3) is 0.688. The molecule has 2 saturated carbocycles. The van der Waals surface area contributed by atoms with Crippen LogP contribution in [0.3, 0.4) is 0 Å². The van der Waals surface area contributed by atoms with Crippen molar-refractivity contribution in [3.8, 4) is 0 Å². The second-order valence-corrected chi connectivity index (χ2v) is 7.64. The van der Waals surface area contributed by atoms with Crippen molar-refractivity contribution < 1.29 is 0 Å². The number of hydrogen-bond acceptors (Lipinski definition) is 2. The van der Waals surface area contributed by atoms with E-state index < -0.39 is 0 Å². The number of nitrogens with zero attached hydrogens (tertiary/aromatic N) is 1. The van der Waals surface area contributed by atoms with Gasteiger partial charge in [0, 0.05) is 12.2 Å². The summed E-state index contributed by atoms with van der Waals surface area (Å²) in [6.07, 6.45) is 5.82. The summed E-state index contributed by atoms with van der Waals surface area (Å²) in [6.45, 7) is 9.33. The van der Waals surface area contributed by atoms with Gasteiger partial charge in [0.15, 0.2) is 5.15 Å². The third-order valence-corrected chi connectivity index (χ3v) is 5.96. The fourth-order valence-electron chi connectivity index (χ4n) is 4.51. The zero-order valence-electron chi connectivity index (χ0n) is 12.3. The summed E-state index contributed by atoms with van der Waals surface area (Å²) >= 11 is 6.27. The molecule has 2 aliphatic carbocycles. The average Bonchev–Trinajstić information content (AvgIpc) is 2.78. The predicted molar refractivity (Wildman–Crippen MR) is 80.6 cm³/mol. The van der Waals surface area contributed by atoms with Gasteiger partial charge in [-0.1, -0.05) is 32.4 Å². The van der Waals surface area contributed by atoms with Gasteiger partial charge in [0.05, 0.1) is 5.69 Å². The molecular weight excluding hydrogens is 256 g/mol. The molecule has 2 fully saturated rings. The summed E-state index contributed by atoms with van der Waals surface area (Å²) in [5.74, 6) is 0.839. The predicted octanol–water partition coefficient (Wildman–Crippen LogP) is 4.67. The molecule has 0 amide bonds. The number of halogens is 1. The topological polar surface area (TPSA) is 24.9 Å². The lowest BCUT2D eigenvalue weighted by molar-refractivity contribution is 0.155. The minimum Gasteiger partial charge on any atom is -0.379 e. The Hall–Kier alpha value is -0.760. The molecule has 3 atom stereocenters. The molecule has 19 heavy (non-hydrogen) atoms. The maximum absolute atomic E-state index is 6.27. The molecule has 2 bridgehead atoms. The van der Waals surface area contributed by atoms with Crippen molar-refractivity contribution in [3.05, 3.63) is 23.0 Å². The molecular formula is C16H23ClN2. The van der Waals surface area contributed by atoms with Crippen LogP contribution < -0.4 is 5.32 Å². The van der Waals surface area contributed by atoms with Crippen molar-refractivity contribution in [3.63, 3.8) is 0 Å². The van der Waals surface area contributed by atoms with E-state index in [0.717, 1.165) is 11.6 Å². The van der Waals surface area contributed by atoms with Crippen LogP contribution in [-0.4, -0.2) is 11.0 Å². The highest BCUT2D eigenvalue weighted by Crippen LogP contribution is 2.63. The summed E-state index contributed by atoms with van der Waals surface area (Å²) in [5, 5.41) is 4.34. The highest BCUT2D eigenvalue weighted by molar-refractivity contribution is 6.32. The number of nitrogens with one attached hydrogen (secondary N) is 1. The summed E-state index contributed by atoms with van der Waals surface area (Å²) in [6, 6.07) is 2.51. The number of pyridine rings is 1. The fourth-order valence-corrected chi connectivity index (χ4v) is 4.77. The number of aromatic nitrogens is 1. The van der Waals surface area contributed by atoms with Crippen molar-refractivity contribution >= 4 is 17.3 Å². The lowest BCUT2D eigenvalue weighted by Gasteiger charge is -2.44. The monoisotopic (exact) mass is 278 g/mol. The summed E-state index contributed by atoms with van der Waals surface area (Å²) < 4.78 is 0. The molecule has 1 N–H and O–H groups in total. The van der Waals surface area contributed by atoms with E-state index in [2.05, 4.69) is 38.0 Å². The lowest BCUT2D eigenvalue weighted by atomic mass is 9.68. The van der Waals surface area contributed by atoms with Crippen LogP contribution in [0, 0.1) is 23.7 Å². The molecule has 2 nitrogen and oxygen atoms in total. The van der Waals surface area contributed by atoms with Crippen molar-refractivity contribution in [2.75, 3.05) is 5.32 Å². The van der Waals surface area contributed by atoms with Gasteiger partial charge in [-0.2, -0.15) is 0 Å². The first-order chi connectivity index (χ1) is 8.84. The van der Waals surface area contributed by atoms with E-state index in [1.54, 1.807) is 6.20 Å². The SMILES string of the molecule is Cc1ccnc(Cl)c1NC1C(C)(C)[C@H]2CC[C@]1(C)C2. The van der Waals surface area contributed by atoms with E-state index in [-0.39, 0.29) is 0 Å². The van der Waals surface area contributed by atoms with Crippen LogP contribution in [0.25, 0.3) is 0 Å². The maximum Gasteiger partial charge on any atom is 0.152 e. The molecule has 3 heteroatoms. The van der Waals surface area contributed by atoms with Crippen LogP contribution >= 0.6 is 11.6 Å². The zero-order chi connectivity index (χ0) is 13.8. The van der Waals surface area contributed by atoms with Gasteiger partial charge in [0.2, 0.25) is 0 Å². The zero-order valence-corrected chi connectivity index (χ0v) is 13.0. The molecule has 0 radical (unpaired) electrons. The van der Waals surface area contributed by atoms with E-state index in [9.17, 15) is 0 Å². The van der Waals surface area contributed by atoms with Gasteiger partial charge in [-0.15, -0.1) is 0 Å².